The van der Waals surface area contributed by atoms with E-state index in [2.05, 4.69) is 0 Å². The summed E-state index contributed by atoms with van der Waals surface area (Å²) in [7, 11) is 1.48. The second-order valence-corrected chi connectivity index (χ2v) is 7.10. The zero-order valence-corrected chi connectivity index (χ0v) is 16.8. The van der Waals surface area contributed by atoms with Crippen LogP contribution >= 0.6 is 0 Å². The van der Waals surface area contributed by atoms with Crippen molar-refractivity contribution in [2.75, 3.05) is 20.3 Å². The average Bonchev–Trinajstić information content (AvgIpc) is 3.18. The minimum atomic E-state index is -4.49. The molecule has 0 saturated carbocycles. The summed E-state index contributed by atoms with van der Waals surface area (Å²) in [5.74, 6) is -0.0254. The molecule has 0 bridgehead atoms. The fourth-order valence-electron chi connectivity index (χ4n) is 3.95. The lowest BCUT2D eigenvalue weighted by Gasteiger charge is -2.32. The van der Waals surface area contributed by atoms with Crippen LogP contribution in [0.3, 0.4) is 0 Å². The van der Waals surface area contributed by atoms with Crippen molar-refractivity contribution in [3.05, 3.63) is 59.2 Å². The summed E-state index contributed by atoms with van der Waals surface area (Å²) >= 11 is 0. The molecule has 162 valence electrons. The number of carboxylic acid groups (broad SMARTS) is 1. The number of nitrogens with zero attached hydrogens (tertiary/aromatic N) is 1. The largest absolute Gasteiger partial charge is 0.493 e. The summed E-state index contributed by atoms with van der Waals surface area (Å²) in [6.07, 6.45) is -3.40. The Morgan fingerprint density at radius 2 is 1.93 bits per heavy atom. The highest BCUT2D eigenvalue weighted by Gasteiger charge is 2.38. The quantitative estimate of drug-likeness (QED) is 0.697. The minimum absolute atomic E-state index is 0.379. The van der Waals surface area contributed by atoms with E-state index < -0.39 is 29.8 Å². The molecule has 1 aliphatic heterocycles. The Labute approximate surface area is 173 Å². The first-order chi connectivity index (χ1) is 14.3. The zero-order chi connectivity index (χ0) is 21.9. The number of benzene rings is 2. The maximum atomic E-state index is 13.3. The van der Waals surface area contributed by atoms with Crippen molar-refractivity contribution in [2.45, 2.75) is 38.0 Å². The van der Waals surface area contributed by atoms with Crippen LogP contribution < -0.4 is 9.47 Å². The Morgan fingerprint density at radius 1 is 1.20 bits per heavy atom. The molecule has 1 saturated heterocycles. The van der Waals surface area contributed by atoms with Gasteiger partial charge in [0.15, 0.2) is 11.5 Å². The highest BCUT2D eigenvalue weighted by atomic mass is 19.4. The molecule has 2 unspecified atom stereocenters. The van der Waals surface area contributed by atoms with E-state index in [-0.39, 0.29) is 0 Å². The molecular formula is C22H24F3NO4. The lowest BCUT2D eigenvalue weighted by molar-refractivity contribution is -0.143. The van der Waals surface area contributed by atoms with Crippen LogP contribution in [0.5, 0.6) is 11.5 Å². The zero-order valence-electron chi connectivity index (χ0n) is 16.8. The van der Waals surface area contributed by atoms with Crippen molar-refractivity contribution in [2.24, 2.45) is 0 Å². The summed E-state index contributed by atoms with van der Waals surface area (Å²) in [6.45, 7) is 2.73. The third-order valence-electron chi connectivity index (χ3n) is 5.24. The van der Waals surface area contributed by atoms with Crippen LogP contribution in [0, 0.1) is 0 Å². The van der Waals surface area contributed by atoms with E-state index in [9.17, 15) is 23.1 Å². The van der Waals surface area contributed by atoms with Crippen molar-refractivity contribution < 1.29 is 32.5 Å². The lowest BCUT2D eigenvalue weighted by Crippen LogP contribution is -2.39. The van der Waals surface area contributed by atoms with Crippen molar-refractivity contribution in [1.29, 1.82) is 0 Å². The number of hydrogen-bond acceptors (Lipinski definition) is 4. The third-order valence-corrected chi connectivity index (χ3v) is 5.24. The van der Waals surface area contributed by atoms with Gasteiger partial charge in [-0.3, -0.25) is 9.69 Å². The number of ether oxygens (including phenoxy) is 2. The molecule has 2 atom stereocenters. The molecule has 8 heteroatoms. The van der Waals surface area contributed by atoms with Gasteiger partial charge in [0.2, 0.25) is 0 Å². The van der Waals surface area contributed by atoms with Crippen LogP contribution in [0.25, 0.3) is 0 Å². The monoisotopic (exact) mass is 423 g/mol. The van der Waals surface area contributed by atoms with Crippen molar-refractivity contribution in [3.63, 3.8) is 0 Å². The first-order valence-electron chi connectivity index (χ1n) is 9.72. The number of aliphatic carboxylic acids is 1. The lowest BCUT2D eigenvalue weighted by atomic mass is 9.94. The predicted octanol–water partition coefficient (Wildman–Crippen LogP) is 4.75. The van der Waals surface area contributed by atoms with Crippen LogP contribution in [0.4, 0.5) is 13.2 Å². The highest BCUT2D eigenvalue weighted by Crippen LogP contribution is 2.40. The van der Waals surface area contributed by atoms with Gasteiger partial charge in [-0.2, -0.15) is 13.2 Å². The second kappa shape index (κ2) is 8.95. The molecule has 0 radical (unpaired) electrons. The van der Waals surface area contributed by atoms with Crippen LogP contribution in [-0.2, 0) is 11.0 Å². The molecule has 2 aromatic carbocycles. The molecule has 30 heavy (non-hydrogen) atoms. The van der Waals surface area contributed by atoms with Crippen molar-refractivity contribution in [1.82, 2.24) is 4.90 Å². The van der Waals surface area contributed by atoms with E-state index in [0.717, 1.165) is 12.1 Å². The molecule has 3 rings (SSSR count). The second-order valence-electron chi connectivity index (χ2n) is 7.10. The van der Waals surface area contributed by atoms with Gasteiger partial charge in [-0.15, -0.1) is 0 Å². The molecule has 0 aromatic heterocycles. The Hall–Kier alpha value is -2.74. The fraction of sp³-hybridized carbons (Fsp3) is 0.409. The molecule has 1 aliphatic rings. The summed E-state index contributed by atoms with van der Waals surface area (Å²) in [5.41, 5.74) is 0.251. The van der Waals surface area contributed by atoms with E-state index in [4.69, 9.17) is 9.47 Å². The van der Waals surface area contributed by atoms with Gasteiger partial charge in [0, 0.05) is 6.54 Å². The number of methoxy groups -OCH3 is 1. The average molecular weight is 423 g/mol. The van der Waals surface area contributed by atoms with Gasteiger partial charge in [0.25, 0.3) is 0 Å². The number of likely N-dealkylation sites (tertiary alicyclic amines) is 1. The summed E-state index contributed by atoms with van der Waals surface area (Å²) < 4.78 is 50.9. The number of carboxylic acids is 1. The number of carbonyl (C=O) groups is 1. The van der Waals surface area contributed by atoms with Gasteiger partial charge in [0.1, 0.15) is 6.04 Å². The Bertz CT molecular complexity index is 900. The van der Waals surface area contributed by atoms with Gasteiger partial charge in [-0.1, -0.05) is 18.2 Å². The van der Waals surface area contributed by atoms with E-state index in [1.807, 2.05) is 6.92 Å². The van der Waals surface area contributed by atoms with Crippen LogP contribution in [0.15, 0.2) is 42.5 Å². The van der Waals surface area contributed by atoms with Crippen LogP contribution in [-0.4, -0.2) is 42.3 Å². The van der Waals surface area contributed by atoms with Crippen LogP contribution in [0.1, 0.15) is 42.5 Å². The SMILES string of the molecule is CCOc1ccc(C(c2cccc(C(F)(F)F)c2)N2CCCC2C(=O)O)cc1OC. The molecule has 0 spiro atoms. The predicted molar refractivity (Wildman–Crippen MR) is 105 cm³/mol. The van der Waals surface area contributed by atoms with Gasteiger partial charge < -0.3 is 14.6 Å². The number of halogens is 3. The summed E-state index contributed by atoms with van der Waals surface area (Å²) in [4.78, 5) is 13.5. The van der Waals surface area contributed by atoms with Gasteiger partial charge >= 0.3 is 12.1 Å². The standard InChI is InChI=1S/C22H24F3NO4/c1-3-30-18-10-9-15(13-19(18)29-2)20(26-11-5-8-17(26)21(27)28)14-6-4-7-16(12-14)22(23,24)25/h4,6-7,9-10,12-13,17,20H,3,5,8,11H2,1-2H3,(H,27,28). The summed E-state index contributed by atoms with van der Waals surface area (Å²) in [5, 5.41) is 9.66. The fourth-order valence-corrected chi connectivity index (χ4v) is 3.95. The maximum absolute atomic E-state index is 13.3. The molecule has 0 amide bonds. The van der Waals surface area contributed by atoms with Gasteiger partial charge in [0.05, 0.1) is 25.3 Å². The van der Waals surface area contributed by atoms with Gasteiger partial charge in [-0.05, 0) is 55.2 Å². The first-order valence-corrected chi connectivity index (χ1v) is 9.72. The molecule has 5 nitrogen and oxygen atoms in total. The van der Waals surface area contributed by atoms with Gasteiger partial charge in [-0.25, -0.2) is 0 Å². The Morgan fingerprint density at radius 3 is 2.57 bits per heavy atom. The molecule has 1 N–H and O–H groups in total. The number of rotatable bonds is 7. The van der Waals surface area contributed by atoms with Crippen molar-refractivity contribution >= 4 is 5.97 Å². The Balaban J connectivity index is 2.13. The van der Waals surface area contributed by atoms with Crippen LogP contribution in [0.2, 0.25) is 0 Å². The maximum Gasteiger partial charge on any atom is 0.416 e. The first kappa shape index (κ1) is 22.0. The van der Waals surface area contributed by atoms with E-state index in [1.54, 1.807) is 29.2 Å². The molecule has 0 aliphatic carbocycles. The van der Waals surface area contributed by atoms with E-state index in [1.165, 1.54) is 13.2 Å². The molecule has 1 heterocycles. The summed E-state index contributed by atoms with van der Waals surface area (Å²) in [6, 6.07) is 8.75. The highest BCUT2D eigenvalue weighted by molar-refractivity contribution is 5.74. The van der Waals surface area contributed by atoms with Crippen molar-refractivity contribution in [3.8, 4) is 11.5 Å². The molecule has 1 fully saturated rings. The topological polar surface area (TPSA) is 59.0 Å². The third kappa shape index (κ3) is 4.53. The van der Waals surface area contributed by atoms with E-state index in [0.29, 0.717) is 48.6 Å². The number of hydrogen-bond donors (Lipinski definition) is 1. The Kier molecular flexibility index (Phi) is 6.55. The van der Waals surface area contributed by atoms with E-state index >= 15 is 0 Å². The number of alkyl halides is 3. The smallest absolute Gasteiger partial charge is 0.416 e. The molecule has 2 aromatic rings. The minimum Gasteiger partial charge on any atom is -0.493 e. The molecular weight excluding hydrogens is 399 g/mol. The normalized spacial score (nSPS) is 18.2.